The molecular formula is C35H38N2O5S. The molecule has 4 aromatic carbocycles. The third-order valence-corrected chi connectivity index (χ3v) is 8.68. The third-order valence-electron chi connectivity index (χ3n) is 7.02. The molecule has 8 heteroatoms. The molecule has 224 valence electrons. The number of ether oxygens (including phenoxy) is 1. The van der Waals surface area contributed by atoms with Gasteiger partial charge in [-0.05, 0) is 47.6 Å². The summed E-state index contributed by atoms with van der Waals surface area (Å²) in [5, 5.41) is 5.54. The number of amides is 2. The summed E-state index contributed by atoms with van der Waals surface area (Å²) in [6, 6.07) is 34.7. The highest BCUT2D eigenvalue weighted by atomic mass is 32.2. The summed E-state index contributed by atoms with van der Waals surface area (Å²) in [5.41, 5.74) is 3.84. The average molecular weight is 599 g/mol. The first-order valence-electron chi connectivity index (χ1n) is 14.5. The van der Waals surface area contributed by atoms with Crippen LogP contribution in [0.2, 0.25) is 0 Å². The Bertz CT molecular complexity index is 1550. The number of aryl methyl sites for hydroxylation is 1. The number of unbranched alkanes of at least 4 members (excludes halogenated alkanes) is 2. The van der Waals surface area contributed by atoms with Gasteiger partial charge in [-0.2, -0.15) is 0 Å². The smallest absolute Gasteiger partial charge is 0.408 e. The zero-order valence-electron chi connectivity index (χ0n) is 24.2. The SMILES string of the molecule is O=C(N[C@@H](Cc1ccccc1)C(=O)Nc1ccccc1CS(=O)(=O)CCCCCc1ccccc1)OCc1ccccc1. The highest BCUT2D eigenvalue weighted by molar-refractivity contribution is 7.90. The number of alkyl carbamates (subject to hydrolysis) is 1. The second-order valence-electron chi connectivity index (χ2n) is 10.5. The highest BCUT2D eigenvalue weighted by Crippen LogP contribution is 2.20. The van der Waals surface area contributed by atoms with E-state index in [-0.39, 0.29) is 24.5 Å². The van der Waals surface area contributed by atoms with E-state index in [4.69, 9.17) is 4.74 Å². The van der Waals surface area contributed by atoms with Gasteiger partial charge < -0.3 is 15.4 Å². The van der Waals surface area contributed by atoms with Crippen molar-refractivity contribution in [1.82, 2.24) is 5.32 Å². The molecule has 0 saturated carbocycles. The van der Waals surface area contributed by atoms with Gasteiger partial charge in [-0.3, -0.25) is 4.79 Å². The van der Waals surface area contributed by atoms with Crippen LogP contribution < -0.4 is 10.6 Å². The molecule has 0 aromatic heterocycles. The molecule has 0 aliphatic heterocycles. The first-order valence-corrected chi connectivity index (χ1v) is 16.3. The standard InChI is InChI=1S/C35H38N2O5S/c38-34(33(25-29-18-7-2-8-19-29)37-35(39)42-26-30-20-9-3-10-21-30)36-32-23-13-12-22-31(32)27-43(40,41)24-14-4-11-17-28-15-5-1-6-16-28/h1-3,5-10,12-13,15-16,18-23,33H,4,11,14,17,24-27H2,(H,36,38)(H,37,39)/t33-/m0/s1. The fourth-order valence-corrected chi connectivity index (χ4v) is 6.25. The quantitative estimate of drug-likeness (QED) is 0.152. The van der Waals surface area contributed by atoms with Crippen LogP contribution in [0, 0.1) is 0 Å². The van der Waals surface area contributed by atoms with Crippen LogP contribution in [0.5, 0.6) is 0 Å². The number of carbonyl (C=O) groups excluding carboxylic acids is 2. The molecule has 43 heavy (non-hydrogen) atoms. The van der Waals surface area contributed by atoms with E-state index in [0.717, 1.165) is 30.4 Å². The van der Waals surface area contributed by atoms with Crippen molar-refractivity contribution in [3.8, 4) is 0 Å². The molecule has 0 radical (unpaired) electrons. The minimum atomic E-state index is -3.40. The van der Waals surface area contributed by atoms with Gasteiger partial charge in [-0.15, -0.1) is 0 Å². The van der Waals surface area contributed by atoms with E-state index in [9.17, 15) is 18.0 Å². The normalized spacial score (nSPS) is 11.8. The predicted molar refractivity (Wildman–Crippen MR) is 170 cm³/mol. The number of carbonyl (C=O) groups is 2. The number of para-hydroxylation sites is 1. The van der Waals surface area contributed by atoms with Crippen LogP contribution >= 0.6 is 0 Å². The van der Waals surface area contributed by atoms with E-state index in [1.807, 2.05) is 78.9 Å². The lowest BCUT2D eigenvalue weighted by Crippen LogP contribution is -2.45. The number of sulfone groups is 1. The largest absolute Gasteiger partial charge is 0.445 e. The van der Waals surface area contributed by atoms with E-state index in [1.165, 1.54) is 5.56 Å². The van der Waals surface area contributed by atoms with E-state index in [2.05, 4.69) is 22.8 Å². The van der Waals surface area contributed by atoms with Crippen molar-refractivity contribution in [2.45, 2.75) is 50.5 Å². The summed E-state index contributed by atoms with van der Waals surface area (Å²) in [7, 11) is -3.40. The van der Waals surface area contributed by atoms with Gasteiger partial charge in [0.2, 0.25) is 5.91 Å². The molecule has 0 unspecified atom stereocenters. The molecule has 0 fully saturated rings. The molecule has 0 spiro atoms. The minimum absolute atomic E-state index is 0.0687. The number of nitrogens with one attached hydrogen (secondary N) is 2. The maximum atomic E-state index is 13.5. The van der Waals surface area contributed by atoms with Crippen LogP contribution in [0.4, 0.5) is 10.5 Å². The van der Waals surface area contributed by atoms with Gasteiger partial charge >= 0.3 is 6.09 Å². The number of benzene rings is 4. The number of rotatable bonds is 15. The Morgan fingerprint density at radius 3 is 1.93 bits per heavy atom. The van der Waals surface area contributed by atoms with Gasteiger partial charge in [0.1, 0.15) is 12.6 Å². The Kier molecular flexibility index (Phi) is 11.9. The molecule has 0 heterocycles. The Balaban J connectivity index is 1.36. The Hall–Kier alpha value is -4.43. The Labute approximate surface area is 254 Å². The number of anilines is 1. The number of hydrogen-bond acceptors (Lipinski definition) is 5. The highest BCUT2D eigenvalue weighted by Gasteiger charge is 2.24. The molecule has 0 saturated heterocycles. The first kappa shape index (κ1) is 31.5. The second kappa shape index (κ2) is 16.3. The van der Waals surface area contributed by atoms with Crippen LogP contribution in [0.3, 0.4) is 0 Å². The van der Waals surface area contributed by atoms with Crippen molar-refractivity contribution in [3.63, 3.8) is 0 Å². The van der Waals surface area contributed by atoms with Crippen molar-refractivity contribution < 1.29 is 22.7 Å². The molecule has 4 rings (SSSR count). The van der Waals surface area contributed by atoms with Gasteiger partial charge in [-0.25, -0.2) is 13.2 Å². The molecule has 7 nitrogen and oxygen atoms in total. The molecular weight excluding hydrogens is 560 g/mol. The van der Waals surface area contributed by atoms with Gasteiger partial charge in [0.05, 0.1) is 11.5 Å². The van der Waals surface area contributed by atoms with E-state index in [1.54, 1.807) is 24.3 Å². The van der Waals surface area contributed by atoms with E-state index in [0.29, 0.717) is 17.7 Å². The van der Waals surface area contributed by atoms with Crippen LogP contribution in [0.15, 0.2) is 115 Å². The van der Waals surface area contributed by atoms with Crippen LogP contribution in [-0.2, 0) is 44.6 Å². The van der Waals surface area contributed by atoms with Crippen molar-refractivity contribution in [1.29, 1.82) is 0 Å². The molecule has 0 aliphatic rings. The summed E-state index contributed by atoms with van der Waals surface area (Å²) in [4.78, 5) is 26.1. The summed E-state index contributed by atoms with van der Waals surface area (Å²) in [6.45, 7) is 0.0687. The molecule has 4 aromatic rings. The first-order chi connectivity index (χ1) is 20.9. The summed E-state index contributed by atoms with van der Waals surface area (Å²) >= 11 is 0. The van der Waals surface area contributed by atoms with Gasteiger partial charge in [0.15, 0.2) is 9.84 Å². The molecule has 0 bridgehead atoms. The zero-order valence-corrected chi connectivity index (χ0v) is 25.0. The van der Waals surface area contributed by atoms with E-state index >= 15 is 0 Å². The lowest BCUT2D eigenvalue weighted by atomic mass is 10.0. The maximum Gasteiger partial charge on any atom is 0.408 e. The molecule has 2 N–H and O–H groups in total. The summed E-state index contributed by atoms with van der Waals surface area (Å²) in [6.07, 6.45) is 2.76. The predicted octanol–water partition coefficient (Wildman–Crippen LogP) is 6.49. The lowest BCUT2D eigenvalue weighted by Gasteiger charge is -2.20. The topological polar surface area (TPSA) is 102 Å². The summed E-state index contributed by atoms with van der Waals surface area (Å²) < 4.78 is 31.3. The average Bonchev–Trinajstić information content (AvgIpc) is 3.02. The summed E-state index contributed by atoms with van der Waals surface area (Å²) in [5.74, 6) is -0.570. The van der Waals surface area contributed by atoms with Crippen LogP contribution in [0.1, 0.15) is 41.5 Å². The van der Waals surface area contributed by atoms with Gasteiger partial charge in [-0.1, -0.05) is 116 Å². The lowest BCUT2D eigenvalue weighted by molar-refractivity contribution is -0.118. The fraction of sp³-hybridized carbons (Fsp3) is 0.257. The molecule has 0 aliphatic carbocycles. The molecule has 1 atom stereocenters. The Morgan fingerprint density at radius 1 is 0.674 bits per heavy atom. The monoisotopic (exact) mass is 598 g/mol. The van der Waals surface area contributed by atoms with Crippen LogP contribution in [0.25, 0.3) is 0 Å². The minimum Gasteiger partial charge on any atom is -0.445 e. The van der Waals surface area contributed by atoms with Crippen molar-refractivity contribution >= 4 is 27.5 Å². The van der Waals surface area contributed by atoms with Crippen LogP contribution in [-0.4, -0.2) is 32.2 Å². The zero-order chi connectivity index (χ0) is 30.3. The third kappa shape index (κ3) is 11.1. The maximum absolute atomic E-state index is 13.5. The van der Waals surface area contributed by atoms with Crippen molar-refractivity contribution in [2.75, 3.05) is 11.1 Å². The molecule has 2 amide bonds. The van der Waals surface area contributed by atoms with E-state index < -0.39 is 27.9 Å². The fourth-order valence-electron chi connectivity index (χ4n) is 4.74. The second-order valence-corrected chi connectivity index (χ2v) is 12.7. The Morgan fingerprint density at radius 2 is 1.26 bits per heavy atom. The van der Waals surface area contributed by atoms with Gasteiger partial charge in [0, 0.05) is 12.1 Å². The van der Waals surface area contributed by atoms with Crippen molar-refractivity contribution in [2.24, 2.45) is 0 Å². The van der Waals surface area contributed by atoms with Crippen molar-refractivity contribution in [3.05, 3.63) is 138 Å². The van der Waals surface area contributed by atoms with Gasteiger partial charge in [0.25, 0.3) is 0 Å². The number of hydrogen-bond donors (Lipinski definition) is 2.